The lowest BCUT2D eigenvalue weighted by Gasteiger charge is -2.23. The highest BCUT2D eigenvalue weighted by atomic mass is 32.2. The molecule has 2 N–H and O–H groups in total. The minimum absolute atomic E-state index is 0.547. The van der Waals surface area contributed by atoms with Gasteiger partial charge < -0.3 is 5.84 Å². The Labute approximate surface area is 105 Å². The summed E-state index contributed by atoms with van der Waals surface area (Å²) in [5.74, 6) is 5.55. The predicted octanol–water partition coefficient (Wildman–Crippen LogP) is 3.39. The minimum atomic E-state index is 0.547. The minimum Gasteiger partial charge on any atom is -0.323 e. The highest BCUT2D eigenvalue weighted by Gasteiger charge is 2.23. The molecule has 1 unspecified atom stereocenters. The molecule has 1 aliphatic rings. The zero-order valence-corrected chi connectivity index (χ0v) is 10.5. The Kier molecular flexibility index (Phi) is 2.56. The van der Waals surface area contributed by atoms with Gasteiger partial charge in [-0.25, -0.2) is 0 Å². The first-order chi connectivity index (χ1) is 8.29. The van der Waals surface area contributed by atoms with E-state index in [0.29, 0.717) is 5.25 Å². The molecule has 0 spiro atoms. The number of hydrazone groups is 1. The van der Waals surface area contributed by atoms with Gasteiger partial charge in [0.1, 0.15) is 0 Å². The standard InChI is InChI=1S/C14H14N2S/c1-9-8-12(16-15)14-11-5-3-2-4-10(11)6-7-13(14)17-9/h2-7,9H,8,15H2,1H3/b16-12+. The van der Waals surface area contributed by atoms with E-state index in [-0.39, 0.29) is 0 Å². The first-order valence-corrected chi connectivity index (χ1v) is 6.63. The van der Waals surface area contributed by atoms with E-state index in [1.807, 2.05) is 11.8 Å². The fraction of sp³-hybridized carbons (Fsp3) is 0.214. The molecule has 17 heavy (non-hydrogen) atoms. The molecule has 86 valence electrons. The van der Waals surface area contributed by atoms with Crippen molar-refractivity contribution in [2.45, 2.75) is 23.5 Å². The molecule has 1 atom stereocenters. The second kappa shape index (κ2) is 4.08. The molecule has 2 aromatic carbocycles. The van der Waals surface area contributed by atoms with E-state index in [1.165, 1.54) is 21.2 Å². The third kappa shape index (κ3) is 1.71. The van der Waals surface area contributed by atoms with Crippen LogP contribution in [0, 0.1) is 0 Å². The smallest absolute Gasteiger partial charge is 0.0701 e. The van der Waals surface area contributed by atoms with Crippen molar-refractivity contribution in [3.8, 4) is 0 Å². The van der Waals surface area contributed by atoms with Crippen molar-refractivity contribution in [2.75, 3.05) is 0 Å². The van der Waals surface area contributed by atoms with Gasteiger partial charge in [0.25, 0.3) is 0 Å². The molecular weight excluding hydrogens is 228 g/mol. The number of rotatable bonds is 0. The van der Waals surface area contributed by atoms with E-state index < -0.39 is 0 Å². The van der Waals surface area contributed by atoms with Crippen LogP contribution in [0.5, 0.6) is 0 Å². The average molecular weight is 242 g/mol. The molecule has 0 aliphatic carbocycles. The Morgan fingerprint density at radius 3 is 2.88 bits per heavy atom. The van der Waals surface area contributed by atoms with Gasteiger partial charge in [0, 0.05) is 22.1 Å². The van der Waals surface area contributed by atoms with Crippen molar-refractivity contribution in [3.05, 3.63) is 42.0 Å². The molecule has 1 heterocycles. The van der Waals surface area contributed by atoms with Gasteiger partial charge in [-0.3, -0.25) is 0 Å². The van der Waals surface area contributed by atoms with Gasteiger partial charge in [0.15, 0.2) is 0 Å². The largest absolute Gasteiger partial charge is 0.323 e. The van der Waals surface area contributed by atoms with Gasteiger partial charge in [-0.05, 0) is 16.8 Å². The Morgan fingerprint density at radius 1 is 1.24 bits per heavy atom. The average Bonchev–Trinajstić information content (AvgIpc) is 2.37. The van der Waals surface area contributed by atoms with E-state index in [9.17, 15) is 0 Å². The maximum absolute atomic E-state index is 5.55. The third-order valence-electron chi connectivity index (χ3n) is 3.14. The molecule has 0 saturated carbocycles. The first kappa shape index (κ1) is 10.7. The van der Waals surface area contributed by atoms with Crippen LogP contribution in [0.3, 0.4) is 0 Å². The lowest BCUT2D eigenvalue weighted by atomic mass is 9.98. The quantitative estimate of drug-likeness (QED) is 0.568. The second-order valence-corrected chi connectivity index (χ2v) is 5.85. The molecular formula is C14H14N2S. The molecule has 1 aliphatic heterocycles. The summed E-state index contributed by atoms with van der Waals surface area (Å²) in [7, 11) is 0. The van der Waals surface area contributed by atoms with Crippen LogP contribution in [-0.4, -0.2) is 11.0 Å². The first-order valence-electron chi connectivity index (χ1n) is 5.75. The second-order valence-electron chi connectivity index (χ2n) is 4.37. The number of nitrogens with zero attached hydrogens (tertiary/aromatic N) is 1. The Bertz CT molecular complexity index is 604. The van der Waals surface area contributed by atoms with Crippen LogP contribution in [0.2, 0.25) is 0 Å². The summed E-state index contributed by atoms with van der Waals surface area (Å²) in [6, 6.07) is 12.8. The number of hydrogen-bond acceptors (Lipinski definition) is 3. The van der Waals surface area contributed by atoms with Crippen molar-refractivity contribution in [3.63, 3.8) is 0 Å². The van der Waals surface area contributed by atoms with E-state index >= 15 is 0 Å². The summed E-state index contributed by atoms with van der Waals surface area (Å²) in [6.07, 6.45) is 0.947. The molecule has 2 aromatic rings. The van der Waals surface area contributed by atoms with Gasteiger partial charge >= 0.3 is 0 Å². The number of benzene rings is 2. The number of nitrogens with two attached hydrogens (primary N) is 1. The van der Waals surface area contributed by atoms with Gasteiger partial charge in [0.05, 0.1) is 5.71 Å². The summed E-state index contributed by atoms with van der Waals surface area (Å²) in [4.78, 5) is 1.30. The summed E-state index contributed by atoms with van der Waals surface area (Å²) in [5.41, 5.74) is 2.26. The van der Waals surface area contributed by atoms with E-state index in [2.05, 4.69) is 48.4 Å². The Morgan fingerprint density at radius 2 is 2.06 bits per heavy atom. The van der Waals surface area contributed by atoms with Crippen molar-refractivity contribution in [2.24, 2.45) is 10.9 Å². The van der Waals surface area contributed by atoms with E-state index in [1.54, 1.807) is 0 Å². The monoisotopic (exact) mass is 242 g/mol. The topological polar surface area (TPSA) is 38.4 Å². The van der Waals surface area contributed by atoms with Crippen LogP contribution < -0.4 is 5.84 Å². The third-order valence-corrected chi connectivity index (χ3v) is 4.31. The Balaban J connectivity index is 2.34. The zero-order chi connectivity index (χ0) is 11.8. The van der Waals surface area contributed by atoms with Crippen molar-refractivity contribution >= 4 is 28.2 Å². The van der Waals surface area contributed by atoms with Crippen LogP contribution in [0.25, 0.3) is 10.8 Å². The predicted molar refractivity (Wildman–Crippen MR) is 74.6 cm³/mol. The van der Waals surface area contributed by atoms with Crippen LogP contribution in [0.4, 0.5) is 0 Å². The summed E-state index contributed by atoms with van der Waals surface area (Å²) in [6.45, 7) is 2.22. The zero-order valence-electron chi connectivity index (χ0n) is 9.68. The summed E-state index contributed by atoms with van der Waals surface area (Å²) in [5, 5.41) is 7.05. The molecule has 3 rings (SSSR count). The van der Waals surface area contributed by atoms with Gasteiger partial charge in [-0.1, -0.05) is 37.3 Å². The van der Waals surface area contributed by atoms with Gasteiger partial charge in [0.2, 0.25) is 0 Å². The lowest BCUT2D eigenvalue weighted by molar-refractivity contribution is 0.985. The molecule has 0 fully saturated rings. The van der Waals surface area contributed by atoms with Crippen LogP contribution in [-0.2, 0) is 0 Å². The SMILES string of the molecule is CC1C/C(=N\N)c2c(ccc3ccccc23)S1. The maximum Gasteiger partial charge on any atom is 0.0701 e. The van der Waals surface area contributed by atoms with Gasteiger partial charge in [-0.2, -0.15) is 5.10 Å². The van der Waals surface area contributed by atoms with Crippen LogP contribution in [0.1, 0.15) is 18.9 Å². The van der Waals surface area contributed by atoms with E-state index in [0.717, 1.165) is 12.1 Å². The molecule has 0 radical (unpaired) electrons. The van der Waals surface area contributed by atoms with Crippen LogP contribution in [0.15, 0.2) is 46.4 Å². The normalized spacial score (nSPS) is 21.7. The molecule has 0 saturated heterocycles. The molecule has 2 nitrogen and oxygen atoms in total. The van der Waals surface area contributed by atoms with Crippen LogP contribution >= 0.6 is 11.8 Å². The fourth-order valence-electron chi connectivity index (χ4n) is 2.40. The molecule has 0 amide bonds. The molecule has 3 heteroatoms. The highest BCUT2D eigenvalue weighted by molar-refractivity contribution is 8.00. The summed E-state index contributed by atoms with van der Waals surface area (Å²) >= 11 is 1.91. The summed E-state index contributed by atoms with van der Waals surface area (Å²) < 4.78 is 0. The van der Waals surface area contributed by atoms with E-state index in [4.69, 9.17) is 5.84 Å². The fourth-order valence-corrected chi connectivity index (χ4v) is 3.56. The van der Waals surface area contributed by atoms with Crippen molar-refractivity contribution < 1.29 is 0 Å². The van der Waals surface area contributed by atoms with Crippen molar-refractivity contribution in [1.29, 1.82) is 0 Å². The van der Waals surface area contributed by atoms with Crippen molar-refractivity contribution in [1.82, 2.24) is 0 Å². The van der Waals surface area contributed by atoms with Gasteiger partial charge in [-0.15, -0.1) is 11.8 Å². The molecule has 0 aromatic heterocycles. The molecule has 0 bridgehead atoms. The number of thioether (sulfide) groups is 1. The Hall–Kier alpha value is -1.48. The highest BCUT2D eigenvalue weighted by Crippen LogP contribution is 2.38. The number of hydrogen-bond donors (Lipinski definition) is 1. The maximum atomic E-state index is 5.55. The number of fused-ring (bicyclic) bond motifs is 3. The lowest BCUT2D eigenvalue weighted by Crippen LogP contribution is -2.17.